The van der Waals surface area contributed by atoms with E-state index in [9.17, 15) is 0 Å². The molecule has 1 aromatic heterocycles. The van der Waals surface area contributed by atoms with E-state index >= 15 is 0 Å². The van der Waals surface area contributed by atoms with E-state index in [1.165, 1.54) is 18.4 Å². The van der Waals surface area contributed by atoms with Crippen LogP contribution in [0.25, 0.3) is 0 Å². The molecule has 0 spiro atoms. The van der Waals surface area contributed by atoms with Gasteiger partial charge in [0.05, 0.1) is 6.61 Å². The van der Waals surface area contributed by atoms with Crippen LogP contribution in [-0.4, -0.2) is 38.3 Å². The summed E-state index contributed by atoms with van der Waals surface area (Å²) in [6, 6.07) is 4.13. The van der Waals surface area contributed by atoms with Gasteiger partial charge in [0.25, 0.3) is 0 Å². The molecule has 1 aliphatic rings. The van der Waals surface area contributed by atoms with Gasteiger partial charge < -0.3 is 15.0 Å². The zero-order chi connectivity index (χ0) is 13.5. The molecule has 4 nitrogen and oxygen atoms in total. The fraction of sp³-hybridized carbons (Fsp3) is 0.667. The molecule has 0 aliphatic heterocycles. The van der Waals surface area contributed by atoms with Gasteiger partial charge in [-0.2, -0.15) is 0 Å². The molecular weight excluding hydrogens is 238 g/mol. The van der Waals surface area contributed by atoms with E-state index in [0.717, 1.165) is 44.6 Å². The van der Waals surface area contributed by atoms with E-state index in [2.05, 4.69) is 35.2 Å². The Kier molecular flexibility index (Phi) is 5.61. The van der Waals surface area contributed by atoms with Crippen LogP contribution >= 0.6 is 0 Å². The van der Waals surface area contributed by atoms with Crippen molar-refractivity contribution < 1.29 is 4.74 Å². The van der Waals surface area contributed by atoms with Gasteiger partial charge in [-0.05, 0) is 31.4 Å². The highest BCUT2D eigenvalue weighted by Gasteiger charge is 2.21. The summed E-state index contributed by atoms with van der Waals surface area (Å²) in [5, 5.41) is 3.35. The SMILES string of the molecule is CCNCc1cccnc1N(C)CCOCC1CC1. The molecule has 106 valence electrons. The van der Waals surface area contributed by atoms with Crippen molar-refractivity contribution in [3.63, 3.8) is 0 Å². The first-order valence-corrected chi connectivity index (χ1v) is 7.24. The van der Waals surface area contributed by atoms with Crippen LogP contribution in [0, 0.1) is 5.92 Å². The summed E-state index contributed by atoms with van der Waals surface area (Å²) in [4.78, 5) is 6.67. The number of likely N-dealkylation sites (N-methyl/N-ethyl adjacent to an activating group) is 1. The van der Waals surface area contributed by atoms with Crippen molar-refractivity contribution >= 4 is 5.82 Å². The number of nitrogens with zero attached hydrogens (tertiary/aromatic N) is 2. The van der Waals surface area contributed by atoms with Crippen LogP contribution in [0.1, 0.15) is 25.3 Å². The number of aromatic nitrogens is 1. The standard InChI is InChI=1S/C15H25N3O/c1-3-16-11-14-5-4-8-17-15(14)18(2)9-10-19-12-13-6-7-13/h4-5,8,13,16H,3,6-7,9-12H2,1-2H3. The third kappa shape index (κ3) is 4.80. The second kappa shape index (κ2) is 7.46. The van der Waals surface area contributed by atoms with Gasteiger partial charge in [-0.25, -0.2) is 4.98 Å². The minimum absolute atomic E-state index is 0.782. The van der Waals surface area contributed by atoms with E-state index in [4.69, 9.17) is 4.74 Å². The first-order valence-electron chi connectivity index (χ1n) is 7.24. The third-order valence-electron chi connectivity index (χ3n) is 3.42. The second-order valence-corrected chi connectivity index (χ2v) is 5.21. The molecule has 0 aromatic carbocycles. The fourth-order valence-electron chi connectivity index (χ4n) is 2.01. The molecular formula is C15H25N3O. The zero-order valence-electron chi connectivity index (χ0n) is 12.1. The minimum atomic E-state index is 0.782. The molecule has 1 heterocycles. The van der Waals surface area contributed by atoms with Crippen LogP contribution in [0.3, 0.4) is 0 Å². The van der Waals surface area contributed by atoms with Crippen molar-refractivity contribution in [2.24, 2.45) is 5.92 Å². The van der Waals surface area contributed by atoms with Crippen LogP contribution in [-0.2, 0) is 11.3 Å². The Bertz CT molecular complexity index is 379. The van der Waals surface area contributed by atoms with Gasteiger partial charge in [0.15, 0.2) is 0 Å². The van der Waals surface area contributed by atoms with Crippen LogP contribution < -0.4 is 10.2 Å². The van der Waals surface area contributed by atoms with Crippen molar-refractivity contribution in [2.45, 2.75) is 26.3 Å². The molecule has 19 heavy (non-hydrogen) atoms. The highest BCUT2D eigenvalue weighted by molar-refractivity contribution is 5.45. The maximum absolute atomic E-state index is 5.69. The van der Waals surface area contributed by atoms with Crippen molar-refractivity contribution in [1.29, 1.82) is 0 Å². The molecule has 2 rings (SSSR count). The van der Waals surface area contributed by atoms with Crippen molar-refractivity contribution in [1.82, 2.24) is 10.3 Å². The number of nitrogens with one attached hydrogen (secondary N) is 1. The van der Waals surface area contributed by atoms with E-state index in [-0.39, 0.29) is 0 Å². The number of anilines is 1. The Morgan fingerprint density at radius 3 is 3.05 bits per heavy atom. The number of pyridine rings is 1. The lowest BCUT2D eigenvalue weighted by molar-refractivity contribution is 0.130. The van der Waals surface area contributed by atoms with E-state index in [1.54, 1.807) is 0 Å². The Morgan fingerprint density at radius 2 is 2.32 bits per heavy atom. The number of rotatable bonds is 9. The summed E-state index contributed by atoms with van der Waals surface area (Å²) in [5.41, 5.74) is 1.24. The summed E-state index contributed by atoms with van der Waals surface area (Å²) in [6.45, 7) is 6.56. The average molecular weight is 263 g/mol. The third-order valence-corrected chi connectivity index (χ3v) is 3.42. The van der Waals surface area contributed by atoms with Gasteiger partial charge in [-0.15, -0.1) is 0 Å². The molecule has 0 atom stereocenters. The van der Waals surface area contributed by atoms with Gasteiger partial charge in [0.2, 0.25) is 0 Å². The molecule has 0 unspecified atom stereocenters. The maximum atomic E-state index is 5.69. The molecule has 0 bridgehead atoms. The predicted molar refractivity (Wildman–Crippen MR) is 78.4 cm³/mol. The monoisotopic (exact) mass is 263 g/mol. The fourth-order valence-corrected chi connectivity index (χ4v) is 2.01. The van der Waals surface area contributed by atoms with Gasteiger partial charge >= 0.3 is 0 Å². The van der Waals surface area contributed by atoms with Gasteiger partial charge in [-0.1, -0.05) is 13.0 Å². The highest BCUT2D eigenvalue weighted by atomic mass is 16.5. The number of hydrogen-bond acceptors (Lipinski definition) is 4. The minimum Gasteiger partial charge on any atom is -0.379 e. The second-order valence-electron chi connectivity index (χ2n) is 5.21. The average Bonchev–Trinajstić information content (AvgIpc) is 3.25. The first-order chi connectivity index (χ1) is 9.31. The van der Waals surface area contributed by atoms with Crippen LogP contribution in [0.2, 0.25) is 0 Å². The van der Waals surface area contributed by atoms with Crippen molar-refractivity contribution in [3.05, 3.63) is 23.9 Å². The van der Waals surface area contributed by atoms with Gasteiger partial charge in [0, 0.05) is 38.5 Å². The Balaban J connectivity index is 1.80. The largest absolute Gasteiger partial charge is 0.379 e. The smallest absolute Gasteiger partial charge is 0.132 e. The highest BCUT2D eigenvalue weighted by Crippen LogP contribution is 2.28. The lowest BCUT2D eigenvalue weighted by Crippen LogP contribution is -2.26. The number of ether oxygens (including phenoxy) is 1. The quantitative estimate of drug-likeness (QED) is 0.692. The first kappa shape index (κ1) is 14.3. The summed E-state index contributed by atoms with van der Waals surface area (Å²) >= 11 is 0. The van der Waals surface area contributed by atoms with Crippen LogP contribution in [0.5, 0.6) is 0 Å². The predicted octanol–water partition coefficient (Wildman–Crippen LogP) is 2.05. The molecule has 0 amide bonds. The normalized spacial score (nSPS) is 14.6. The molecule has 1 aliphatic carbocycles. The Hall–Kier alpha value is -1.13. The maximum Gasteiger partial charge on any atom is 0.132 e. The van der Waals surface area contributed by atoms with E-state index in [1.807, 2.05) is 12.3 Å². The molecule has 0 radical (unpaired) electrons. The number of hydrogen-bond donors (Lipinski definition) is 1. The van der Waals surface area contributed by atoms with E-state index in [0.29, 0.717) is 0 Å². The van der Waals surface area contributed by atoms with Crippen molar-refractivity contribution in [3.8, 4) is 0 Å². The molecule has 4 heteroatoms. The molecule has 1 aromatic rings. The van der Waals surface area contributed by atoms with Crippen molar-refractivity contribution in [2.75, 3.05) is 38.3 Å². The summed E-state index contributed by atoms with van der Waals surface area (Å²) in [7, 11) is 2.08. The Labute approximate surface area is 116 Å². The van der Waals surface area contributed by atoms with Crippen LogP contribution in [0.4, 0.5) is 5.82 Å². The summed E-state index contributed by atoms with van der Waals surface area (Å²) in [5.74, 6) is 1.89. The Morgan fingerprint density at radius 1 is 1.47 bits per heavy atom. The van der Waals surface area contributed by atoms with E-state index < -0.39 is 0 Å². The molecule has 1 N–H and O–H groups in total. The summed E-state index contributed by atoms with van der Waals surface area (Å²) in [6.07, 6.45) is 4.55. The van der Waals surface area contributed by atoms with Gasteiger partial charge in [-0.3, -0.25) is 0 Å². The van der Waals surface area contributed by atoms with Crippen LogP contribution in [0.15, 0.2) is 18.3 Å². The summed E-state index contributed by atoms with van der Waals surface area (Å²) < 4.78 is 5.69. The van der Waals surface area contributed by atoms with Gasteiger partial charge in [0.1, 0.15) is 5.82 Å². The zero-order valence-corrected chi connectivity index (χ0v) is 12.1. The molecule has 1 saturated carbocycles. The topological polar surface area (TPSA) is 37.4 Å². The molecule has 0 saturated heterocycles. The lowest BCUT2D eigenvalue weighted by Gasteiger charge is -2.21. The molecule has 1 fully saturated rings. The lowest BCUT2D eigenvalue weighted by atomic mass is 10.2.